The van der Waals surface area contributed by atoms with Gasteiger partial charge in [-0.1, -0.05) is 0 Å². The Hall–Kier alpha value is -2.27. The van der Waals surface area contributed by atoms with Crippen molar-refractivity contribution in [3.63, 3.8) is 0 Å². The Morgan fingerprint density at radius 3 is 2.53 bits per heavy atom. The highest BCUT2D eigenvalue weighted by Gasteiger charge is 2.51. The normalized spacial score (nSPS) is 36.0. The van der Waals surface area contributed by atoms with Gasteiger partial charge in [-0.25, -0.2) is 18.9 Å². The van der Waals surface area contributed by atoms with Crippen LogP contribution in [0.5, 0.6) is 0 Å². The van der Waals surface area contributed by atoms with E-state index < -0.39 is 16.2 Å². The van der Waals surface area contributed by atoms with Crippen LogP contribution in [0.2, 0.25) is 0 Å². The van der Waals surface area contributed by atoms with E-state index in [0.717, 1.165) is 6.42 Å². The predicted molar refractivity (Wildman–Crippen MR) is 131 cm³/mol. The molecule has 4 aliphatic heterocycles. The number of carbonyl (C=O) groups is 1. The number of benzene rings is 1. The minimum absolute atomic E-state index is 0.0428. The second kappa shape index (κ2) is 10.2. The molecule has 0 aliphatic carbocycles. The molecule has 196 valence electrons. The summed E-state index contributed by atoms with van der Waals surface area (Å²) in [5.74, 6) is -0.579. The van der Waals surface area contributed by atoms with Gasteiger partial charge in [-0.05, 0) is 51.0 Å². The van der Waals surface area contributed by atoms with Crippen molar-refractivity contribution in [3.8, 4) is 6.07 Å². The van der Waals surface area contributed by atoms with Crippen LogP contribution in [0.4, 0.5) is 5.69 Å². The summed E-state index contributed by atoms with van der Waals surface area (Å²) in [5.41, 5.74) is 4.14. The number of fused-ring (bicyclic) bond motifs is 1. The number of amides is 1. The van der Waals surface area contributed by atoms with Crippen LogP contribution in [0.25, 0.3) is 0 Å². The van der Waals surface area contributed by atoms with Gasteiger partial charge in [0.05, 0.1) is 47.7 Å². The zero-order valence-corrected chi connectivity index (χ0v) is 21.4. The zero-order chi connectivity index (χ0) is 25.4. The monoisotopic (exact) mass is 518 g/mol. The molecule has 36 heavy (non-hydrogen) atoms. The van der Waals surface area contributed by atoms with E-state index in [2.05, 4.69) is 22.1 Å². The molecule has 4 fully saturated rings. The number of carbonyl (C=O) groups excluding carboxylic acids is 1. The highest BCUT2D eigenvalue weighted by Crippen LogP contribution is 2.34. The van der Waals surface area contributed by atoms with Crippen LogP contribution in [-0.4, -0.2) is 86.9 Å². The largest absolute Gasteiger partial charge is 0.380 e. The molecule has 3 N–H and O–H groups in total. The van der Waals surface area contributed by atoms with Crippen molar-refractivity contribution in [3.05, 3.63) is 24.3 Å². The number of rotatable bonds is 5. The van der Waals surface area contributed by atoms with Gasteiger partial charge < -0.3 is 20.1 Å². The van der Waals surface area contributed by atoms with Crippen molar-refractivity contribution in [1.82, 2.24) is 20.1 Å². The third-order valence-electron chi connectivity index (χ3n) is 7.51. The Balaban J connectivity index is 1.32. The SMILES string of the molecule is C[C@H]1CN(S(=O)(=O)c2ccc(NC3NN([C@H]4COCC[C@@H]4C#N)C4CCNC(=O)C34)cc2)C[C@H](C)O1. The lowest BCUT2D eigenvalue weighted by molar-refractivity contribution is -0.128. The second-order valence-electron chi connectivity index (χ2n) is 10.1. The Labute approximate surface area is 212 Å². The number of nitrogens with zero attached hydrogens (tertiary/aromatic N) is 3. The van der Waals surface area contributed by atoms with Gasteiger partial charge in [0.15, 0.2) is 0 Å². The summed E-state index contributed by atoms with van der Waals surface area (Å²) in [6, 6.07) is 8.83. The van der Waals surface area contributed by atoms with Crippen LogP contribution < -0.4 is 16.1 Å². The number of anilines is 1. The lowest BCUT2D eigenvalue weighted by Gasteiger charge is -2.39. The maximum absolute atomic E-state index is 13.2. The van der Waals surface area contributed by atoms with Crippen molar-refractivity contribution in [2.75, 3.05) is 38.2 Å². The standard InChI is InChI=1S/C24H34N6O5S/c1-15-12-29(13-16(2)35-15)36(32,33)19-5-3-18(4-6-19)27-23-22-20(7-9-26-24(22)31)30(28-23)21-14-34-10-8-17(21)11-25/h3-6,15-17,20-23,27-28H,7-10,12-14H2,1-2H3,(H,26,31)/t15-,16-,17+,20?,21-,22?,23?/m0/s1. The van der Waals surface area contributed by atoms with Gasteiger partial charge in [0.25, 0.3) is 0 Å². The summed E-state index contributed by atoms with van der Waals surface area (Å²) in [5, 5.41) is 18.1. The first-order chi connectivity index (χ1) is 17.3. The first-order valence-corrected chi connectivity index (χ1v) is 14.0. The number of piperidine rings is 1. The van der Waals surface area contributed by atoms with Gasteiger partial charge in [0.1, 0.15) is 6.17 Å². The fourth-order valence-electron chi connectivity index (χ4n) is 5.83. The van der Waals surface area contributed by atoms with Crippen molar-refractivity contribution in [1.29, 1.82) is 5.26 Å². The molecule has 7 atom stereocenters. The van der Waals surface area contributed by atoms with E-state index in [1.54, 1.807) is 24.3 Å². The molecule has 4 heterocycles. The number of nitrogens with one attached hydrogen (secondary N) is 3. The van der Waals surface area contributed by atoms with Crippen LogP contribution >= 0.6 is 0 Å². The molecule has 1 aromatic carbocycles. The highest BCUT2D eigenvalue weighted by atomic mass is 32.2. The number of hydrogen-bond acceptors (Lipinski definition) is 9. The number of hydrazine groups is 1. The first kappa shape index (κ1) is 25.4. The quantitative estimate of drug-likeness (QED) is 0.508. The summed E-state index contributed by atoms with van der Waals surface area (Å²) in [7, 11) is -3.64. The number of sulfonamides is 1. The lowest BCUT2D eigenvalue weighted by Crippen LogP contribution is -2.56. The van der Waals surface area contributed by atoms with Crippen molar-refractivity contribution in [2.24, 2.45) is 11.8 Å². The molecule has 0 aromatic heterocycles. The summed E-state index contributed by atoms with van der Waals surface area (Å²) in [6.45, 7) is 5.97. The Morgan fingerprint density at radius 2 is 1.83 bits per heavy atom. The molecule has 0 bridgehead atoms. The average Bonchev–Trinajstić information content (AvgIpc) is 3.23. The molecule has 4 saturated heterocycles. The van der Waals surface area contributed by atoms with Crippen LogP contribution in [0.15, 0.2) is 29.2 Å². The Bertz CT molecular complexity index is 1100. The first-order valence-electron chi connectivity index (χ1n) is 12.6. The summed E-state index contributed by atoms with van der Waals surface area (Å²) < 4.78 is 39.2. The maximum atomic E-state index is 13.2. The molecular weight excluding hydrogens is 484 g/mol. The Morgan fingerprint density at radius 1 is 1.11 bits per heavy atom. The summed E-state index contributed by atoms with van der Waals surface area (Å²) in [4.78, 5) is 13.1. The van der Waals surface area contributed by atoms with Crippen molar-refractivity contribution in [2.45, 2.75) is 62.0 Å². The molecular formula is C24H34N6O5S. The van der Waals surface area contributed by atoms with Gasteiger partial charge in [-0.2, -0.15) is 9.57 Å². The minimum Gasteiger partial charge on any atom is -0.380 e. The second-order valence-corrected chi connectivity index (χ2v) is 12.0. The molecule has 11 nitrogen and oxygen atoms in total. The third-order valence-corrected chi connectivity index (χ3v) is 9.36. The Kier molecular flexibility index (Phi) is 7.22. The van der Waals surface area contributed by atoms with E-state index in [4.69, 9.17) is 9.47 Å². The molecule has 0 radical (unpaired) electrons. The molecule has 1 amide bonds. The number of nitriles is 1. The topological polar surface area (TPSA) is 136 Å². The fraction of sp³-hybridized carbons (Fsp3) is 0.667. The number of ether oxygens (including phenoxy) is 2. The fourth-order valence-corrected chi connectivity index (χ4v) is 7.42. The van der Waals surface area contributed by atoms with Crippen LogP contribution in [0.1, 0.15) is 26.7 Å². The molecule has 5 rings (SSSR count). The molecule has 0 saturated carbocycles. The van der Waals surface area contributed by atoms with E-state index in [9.17, 15) is 18.5 Å². The predicted octanol–water partition coefficient (Wildman–Crippen LogP) is 0.476. The van der Waals surface area contributed by atoms with Gasteiger partial charge >= 0.3 is 0 Å². The molecule has 12 heteroatoms. The van der Waals surface area contributed by atoms with Crippen LogP contribution in [0, 0.1) is 23.2 Å². The third kappa shape index (κ3) is 4.83. The highest BCUT2D eigenvalue weighted by molar-refractivity contribution is 7.89. The van der Waals surface area contributed by atoms with Gasteiger partial charge in [0.2, 0.25) is 15.9 Å². The molecule has 4 aliphatic rings. The van der Waals surface area contributed by atoms with E-state index in [0.29, 0.717) is 45.0 Å². The molecule has 3 unspecified atom stereocenters. The van der Waals surface area contributed by atoms with E-state index >= 15 is 0 Å². The minimum atomic E-state index is -3.64. The van der Waals surface area contributed by atoms with Crippen LogP contribution in [0.3, 0.4) is 0 Å². The van der Waals surface area contributed by atoms with E-state index in [-0.39, 0.29) is 46.9 Å². The molecule has 1 aromatic rings. The molecule has 0 spiro atoms. The smallest absolute Gasteiger partial charge is 0.243 e. The van der Waals surface area contributed by atoms with Crippen molar-refractivity contribution >= 4 is 21.6 Å². The van der Waals surface area contributed by atoms with Gasteiger partial charge in [-0.3, -0.25) is 4.79 Å². The maximum Gasteiger partial charge on any atom is 0.243 e. The lowest BCUT2D eigenvalue weighted by atomic mass is 9.88. The number of morpholine rings is 1. The van der Waals surface area contributed by atoms with E-state index in [1.165, 1.54) is 4.31 Å². The summed E-state index contributed by atoms with van der Waals surface area (Å²) in [6.07, 6.45) is 0.706. The average molecular weight is 519 g/mol. The zero-order valence-electron chi connectivity index (χ0n) is 20.6. The van der Waals surface area contributed by atoms with Gasteiger partial charge in [0, 0.05) is 38.0 Å². The van der Waals surface area contributed by atoms with E-state index in [1.807, 2.05) is 18.9 Å². The number of hydrogen-bond donors (Lipinski definition) is 3. The van der Waals surface area contributed by atoms with Gasteiger partial charge in [-0.15, -0.1) is 0 Å². The van der Waals surface area contributed by atoms with Crippen LogP contribution in [-0.2, 0) is 24.3 Å². The van der Waals surface area contributed by atoms with Crippen molar-refractivity contribution < 1.29 is 22.7 Å². The summed E-state index contributed by atoms with van der Waals surface area (Å²) >= 11 is 0.